The number of carbonyl (C=O) groups is 1. The third kappa shape index (κ3) is 2.43. The van der Waals surface area contributed by atoms with E-state index in [0.29, 0.717) is 12.3 Å². The summed E-state index contributed by atoms with van der Waals surface area (Å²) in [4.78, 5) is 11.4. The Kier molecular flexibility index (Phi) is 3.09. The van der Waals surface area contributed by atoms with Crippen molar-refractivity contribution in [1.82, 2.24) is 0 Å². The first kappa shape index (κ1) is 12.0. The van der Waals surface area contributed by atoms with Crippen LogP contribution in [0.25, 0.3) is 0 Å². The Balaban J connectivity index is 2.20. The summed E-state index contributed by atoms with van der Waals surface area (Å²) in [7, 11) is 1.62. The summed E-state index contributed by atoms with van der Waals surface area (Å²) in [5.41, 5.74) is 0.396. The van der Waals surface area contributed by atoms with E-state index in [4.69, 9.17) is 4.74 Å². The van der Waals surface area contributed by atoms with Gasteiger partial charge in [-0.15, -0.1) is 0 Å². The van der Waals surface area contributed by atoms with Gasteiger partial charge in [0.25, 0.3) is 0 Å². The average Bonchev–Trinajstić information content (AvgIpc) is 3.13. The molecule has 0 bridgehead atoms. The Hall–Kier alpha value is -1.51. The first-order valence-electron chi connectivity index (χ1n) is 5.92. The number of benzene rings is 1. The topological polar surface area (TPSA) is 46.5 Å². The molecule has 1 fully saturated rings. The number of hydrogen-bond donors (Lipinski definition) is 1. The fourth-order valence-electron chi connectivity index (χ4n) is 2.32. The van der Waals surface area contributed by atoms with Crippen LogP contribution in [-0.2, 0) is 11.2 Å². The first-order chi connectivity index (χ1) is 8.06. The first-order valence-corrected chi connectivity index (χ1v) is 5.92. The minimum atomic E-state index is -0.692. The highest BCUT2D eigenvalue weighted by Gasteiger charge is 2.47. The molecule has 0 aromatic heterocycles. The average molecular weight is 234 g/mol. The van der Waals surface area contributed by atoms with Crippen molar-refractivity contribution in [1.29, 1.82) is 0 Å². The summed E-state index contributed by atoms with van der Waals surface area (Å²) < 4.78 is 5.16. The Labute approximate surface area is 101 Å². The van der Waals surface area contributed by atoms with Crippen molar-refractivity contribution in [2.45, 2.75) is 26.2 Å². The maximum Gasteiger partial charge on any atom is 0.309 e. The molecular weight excluding hydrogens is 216 g/mol. The lowest BCUT2D eigenvalue weighted by Crippen LogP contribution is -2.32. The highest BCUT2D eigenvalue weighted by Crippen LogP contribution is 2.47. The van der Waals surface area contributed by atoms with Gasteiger partial charge < -0.3 is 9.84 Å². The summed E-state index contributed by atoms with van der Waals surface area (Å²) in [5, 5.41) is 9.40. The fourth-order valence-corrected chi connectivity index (χ4v) is 2.32. The second-order valence-electron chi connectivity index (χ2n) is 5.03. The maximum atomic E-state index is 11.4. The van der Waals surface area contributed by atoms with Crippen LogP contribution >= 0.6 is 0 Å². The Morgan fingerprint density at radius 3 is 2.76 bits per heavy atom. The molecule has 0 amide bonds. The van der Waals surface area contributed by atoms with Crippen molar-refractivity contribution in [3.05, 3.63) is 29.8 Å². The molecule has 1 atom stereocenters. The van der Waals surface area contributed by atoms with Crippen LogP contribution in [0.2, 0.25) is 0 Å². The van der Waals surface area contributed by atoms with E-state index >= 15 is 0 Å². The number of aliphatic carboxylic acids is 1. The van der Waals surface area contributed by atoms with Crippen LogP contribution in [-0.4, -0.2) is 18.2 Å². The maximum absolute atomic E-state index is 11.4. The van der Waals surface area contributed by atoms with Crippen LogP contribution in [0, 0.1) is 11.3 Å². The molecule has 0 heterocycles. The van der Waals surface area contributed by atoms with Crippen molar-refractivity contribution in [3.63, 3.8) is 0 Å². The zero-order chi connectivity index (χ0) is 12.5. The highest BCUT2D eigenvalue weighted by atomic mass is 16.5. The molecule has 1 aliphatic carbocycles. The molecule has 0 spiro atoms. The largest absolute Gasteiger partial charge is 0.497 e. The van der Waals surface area contributed by atoms with E-state index in [1.807, 2.05) is 31.2 Å². The van der Waals surface area contributed by atoms with Gasteiger partial charge in [-0.25, -0.2) is 0 Å². The third-order valence-corrected chi connectivity index (χ3v) is 3.67. The third-order valence-electron chi connectivity index (χ3n) is 3.67. The quantitative estimate of drug-likeness (QED) is 0.852. The van der Waals surface area contributed by atoms with Crippen molar-refractivity contribution in [2.24, 2.45) is 11.3 Å². The van der Waals surface area contributed by atoms with E-state index in [9.17, 15) is 9.90 Å². The Morgan fingerprint density at radius 1 is 1.53 bits per heavy atom. The lowest BCUT2D eigenvalue weighted by molar-refractivity contribution is -0.149. The van der Waals surface area contributed by atoms with Gasteiger partial charge in [0, 0.05) is 0 Å². The molecular formula is C14H18O3. The molecule has 0 radical (unpaired) electrons. The van der Waals surface area contributed by atoms with Crippen LogP contribution in [0.1, 0.15) is 25.3 Å². The molecule has 92 valence electrons. The Morgan fingerprint density at radius 2 is 2.24 bits per heavy atom. The zero-order valence-electron chi connectivity index (χ0n) is 10.3. The van der Waals surface area contributed by atoms with E-state index in [1.165, 1.54) is 0 Å². The molecule has 3 heteroatoms. The smallest absolute Gasteiger partial charge is 0.309 e. The van der Waals surface area contributed by atoms with Gasteiger partial charge in [-0.3, -0.25) is 4.79 Å². The van der Waals surface area contributed by atoms with Gasteiger partial charge in [-0.1, -0.05) is 12.1 Å². The molecule has 1 saturated carbocycles. The van der Waals surface area contributed by atoms with Crippen LogP contribution in [0.5, 0.6) is 5.75 Å². The van der Waals surface area contributed by atoms with Gasteiger partial charge in [0.1, 0.15) is 5.75 Å². The molecule has 3 nitrogen and oxygen atoms in total. The number of ether oxygens (including phenoxy) is 1. The summed E-state index contributed by atoms with van der Waals surface area (Å²) in [6.07, 6.45) is 2.64. The molecule has 1 aromatic carbocycles. The molecule has 17 heavy (non-hydrogen) atoms. The number of carboxylic acids is 1. The van der Waals surface area contributed by atoms with Crippen LogP contribution in [0.3, 0.4) is 0 Å². The lowest BCUT2D eigenvalue weighted by Gasteiger charge is -2.24. The van der Waals surface area contributed by atoms with E-state index in [2.05, 4.69) is 0 Å². The van der Waals surface area contributed by atoms with Gasteiger partial charge in [0.2, 0.25) is 0 Å². The second kappa shape index (κ2) is 4.40. The molecule has 1 aliphatic rings. The van der Waals surface area contributed by atoms with E-state index in [1.54, 1.807) is 7.11 Å². The molecule has 1 N–H and O–H groups in total. The number of methoxy groups -OCH3 is 1. The normalized spacial score (nSPS) is 18.5. The van der Waals surface area contributed by atoms with E-state index in [-0.39, 0.29) is 0 Å². The van der Waals surface area contributed by atoms with E-state index in [0.717, 1.165) is 24.2 Å². The van der Waals surface area contributed by atoms with Gasteiger partial charge in [0.05, 0.1) is 12.5 Å². The van der Waals surface area contributed by atoms with Crippen LogP contribution in [0.4, 0.5) is 0 Å². The van der Waals surface area contributed by atoms with Crippen molar-refractivity contribution >= 4 is 5.97 Å². The molecule has 1 aromatic rings. The summed E-state index contributed by atoms with van der Waals surface area (Å²) in [5.74, 6) is 0.417. The van der Waals surface area contributed by atoms with Crippen LogP contribution in [0.15, 0.2) is 24.3 Å². The Bertz CT molecular complexity index is 423. The van der Waals surface area contributed by atoms with E-state index < -0.39 is 11.4 Å². The SMILES string of the molecule is COc1cccc(CC(C)(C(=O)O)C2CC2)c1. The van der Waals surface area contributed by atoms with Crippen LogP contribution < -0.4 is 4.74 Å². The number of rotatable bonds is 5. The van der Waals surface area contributed by atoms with Crippen molar-refractivity contribution < 1.29 is 14.6 Å². The van der Waals surface area contributed by atoms with Crippen molar-refractivity contribution in [2.75, 3.05) is 7.11 Å². The molecule has 0 saturated heterocycles. The summed E-state index contributed by atoms with van der Waals surface area (Å²) >= 11 is 0. The van der Waals surface area contributed by atoms with Crippen molar-refractivity contribution in [3.8, 4) is 5.75 Å². The standard InChI is InChI=1S/C14H18O3/c1-14(13(15)16,11-6-7-11)9-10-4-3-5-12(8-10)17-2/h3-5,8,11H,6-7,9H2,1-2H3,(H,15,16). The summed E-state index contributed by atoms with van der Waals surface area (Å²) in [6.45, 7) is 1.85. The highest BCUT2D eigenvalue weighted by molar-refractivity contribution is 5.75. The minimum Gasteiger partial charge on any atom is -0.497 e. The predicted octanol–water partition coefficient (Wildman–Crippen LogP) is 2.74. The molecule has 1 unspecified atom stereocenters. The fraction of sp³-hybridized carbons (Fsp3) is 0.500. The van der Waals surface area contributed by atoms with Gasteiger partial charge >= 0.3 is 5.97 Å². The molecule has 0 aliphatic heterocycles. The lowest BCUT2D eigenvalue weighted by atomic mass is 9.79. The minimum absolute atomic E-state index is 0.325. The van der Waals surface area contributed by atoms with Gasteiger partial charge in [-0.2, -0.15) is 0 Å². The number of carboxylic acid groups (broad SMARTS) is 1. The summed E-state index contributed by atoms with van der Waals surface area (Å²) in [6, 6.07) is 7.66. The predicted molar refractivity (Wildman–Crippen MR) is 65.2 cm³/mol. The monoisotopic (exact) mass is 234 g/mol. The number of hydrogen-bond acceptors (Lipinski definition) is 2. The van der Waals surface area contributed by atoms with Gasteiger partial charge in [0.15, 0.2) is 0 Å². The van der Waals surface area contributed by atoms with Gasteiger partial charge in [-0.05, 0) is 49.8 Å². The zero-order valence-corrected chi connectivity index (χ0v) is 10.3. The molecule has 2 rings (SSSR count). The second-order valence-corrected chi connectivity index (χ2v) is 5.03.